The summed E-state index contributed by atoms with van der Waals surface area (Å²) in [7, 11) is 1.84. The quantitative estimate of drug-likeness (QED) is 0.393. The minimum Gasteiger partial charge on any atom is -0.409 e. The van der Waals surface area contributed by atoms with Gasteiger partial charge in [-0.1, -0.05) is 29.4 Å². The van der Waals surface area contributed by atoms with Crippen LogP contribution in [0, 0.1) is 12.7 Å². The Balaban J connectivity index is 2.22. The predicted octanol–water partition coefficient (Wildman–Crippen LogP) is 2.87. The monoisotopic (exact) mass is 287 g/mol. The van der Waals surface area contributed by atoms with E-state index < -0.39 is 0 Å². The summed E-state index contributed by atoms with van der Waals surface area (Å²) in [6.45, 7) is 2.52. The van der Waals surface area contributed by atoms with Crippen molar-refractivity contribution in [3.63, 3.8) is 0 Å². The number of hydrogen-bond donors (Lipinski definition) is 2. The van der Waals surface area contributed by atoms with Gasteiger partial charge in [-0.25, -0.2) is 4.39 Å². The number of nitrogens with two attached hydrogens (primary N) is 1. The zero-order valence-electron chi connectivity index (χ0n) is 12.0. The summed E-state index contributed by atoms with van der Waals surface area (Å²) >= 11 is 0. The smallest absolute Gasteiger partial charge is 0.170 e. The van der Waals surface area contributed by atoms with Gasteiger partial charge in [-0.15, -0.1) is 0 Å². The molecule has 0 fully saturated rings. The maximum Gasteiger partial charge on any atom is 0.170 e. The second-order valence-electron chi connectivity index (χ2n) is 4.93. The number of amidine groups is 1. The van der Waals surface area contributed by atoms with Crippen LogP contribution in [0.4, 0.5) is 10.1 Å². The first-order valence-electron chi connectivity index (χ1n) is 6.56. The van der Waals surface area contributed by atoms with E-state index >= 15 is 0 Å². The lowest BCUT2D eigenvalue weighted by Gasteiger charge is -2.21. The first kappa shape index (κ1) is 14.8. The molecule has 0 aliphatic carbocycles. The maximum atomic E-state index is 13.8. The van der Waals surface area contributed by atoms with E-state index in [4.69, 9.17) is 10.9 Å². The highest BCUT2D eigenvalue weighted by atomic mass is 19.1. The number of oxime groups is 1. The molecule has 0 aromatic heterocycles. The average Bonchev–Trinajstić information content (AvgIpc) is 2.48. The molecule has 0 atom stereocenters. The Morgan fingerprint density at radius 1 is 1.29 bits per heavy atom. The molecule has 0 bridgehead atoms. The van der Waals surface area contributed by atoms with Crippen molar-refractivity contribution in [2.24, 2.45) is 10.9 Å². The van der Waals surface area contributed by atoms with Gasteiger partial charge >= 0.3 is 0 Å². The molecule has 2 rings (SSSR count). The van der Waals surface area contributed by atoms with Gasteiger partial charge < -0.3 is 15.8 Å². The number of aryl methyl sites for hydroxylation is 1. The lowest BCUT2D eigenvalue weighted by molar-refractivity contribution is 0.318. The molecule has 2 aromatic rings. The molecule has 0 amide bonds. The van der Waals surface area contributed by atoms with E-state index in [0.29, 0.717) is 17.8 Å². The second-order valence-corrected chi connectivity index (χ2v) is 4.93. The van der Waals surface area contributed by atoms with Crippen molar-refractivity contribution in [1.82, 2.24) is 0 Å². The molecular formula is C16H18FN3O. The summed E-state index contributed by atoms with van der Waals surface area (Å²) in [5.74, 6) is -0.168. The topological polar surface area (TPSA) is 61.9 Å². The predicted molar refractivity (Wildman–Crippen MR) is 82.2 cm³/mol. The van der Waals surface area contributed by atoms with Crippen LogP contribution in [-0.4, -0.2) is 18.1 Å². The Morgan fingerprint density at radius 2 is 2.00 bits per heavy atom. The maximum absolute atomic E-state index is 13.8. The molecule has 110 valence electrons. The fraction of sp³-hybridized carbons (Fsp3) is 0.188. The number of rotatable bonds is 4. The normalized spacial score (nSPS) is 11.5. The Bertz CT molecular complexity index is 670. The third-order valence-corrected chi connectivity index (χ3v) is 3.42. The molecule has 0 radical (unpaired) electrons. The van der Waals surface area contributed by atoms with Crippen molar-refractivity contribution in [2.45, 2.75) is 13.5 Å². The van der Waals surface area contributed by atoms with E-state index in [-0.39, 0.29) is 11.7 Å². The molecular weight excluding hydrogens is 269 g/mol. The van der Waals surface area contributed by atoms with Crippen LogP contribution in [0.3, 0.4) is 0 Å². The Hall–Kier alpha value is -2.56. The minimum atomic E-state index is -0.245. The van der Waals surface area contributed by atoms with E-state index in [1.807, 2.05) is 37.1 Å². The minimum absolute atomic E-state index is 0.0760. The number of benzene rings is 2. The molecule has 5 heteroatoms. The summed E-state index contributed by atoms with van der Waals surface area (Å²) in [5, 5.41) is 11.7. The van der Waals surface area contributed by atoms with Crippen molar-refractivity contribution in [3.8, 4) is 0 Å². The first-order chi connectivity index (χ1) is 10.0. The molecule has 21 heavy (non-hydrogen) atoms. The lowest BCUT2D eigenvalue weighted by atomic mass is 10.0. The van der Waals surface area contributed by atoms with Gasteiger partial charge in [-0.3, -0.25) is 0 Å². The summed E-state index contributed by atoms with van der Waals surface area (Å²) in [6.07, 6.45) is 0. The molecule has 0 spiro atoms. The number of hydrogen-bond acceptors (Lipinski definition) is 3. The van der Waals surface area contributed by atoms with Crippen LogP contribution in [0.5, 0.6) is 0 Å². The van der Waals surface area contributed by atoms with Crippen LogP contribution in [0.1, 0.15) is 16.7 Å². The highest BCUT2D eigenvalue weighted by Gasteiger charge is 2.09. The van der Waals surface area contributed by atoms with Crippen LogP contribution < -0.4 is 10.6 Å². The lowest BCUT2D eigenvalue weighted by Crippen LogP contribution is -2.19. The van der Waals surface area contributed by atoms with Gasteiger partial charge in [0, 0.05) is 19.2 Å². The van der Waals surface area contributed by atoms with Gasteiger partial charge in [0.1, 0.15) is 5.82 Å². The van der Waals surface area contributed by atoms with Crippen LogP contribution >= 0.6 is 0 Å². The molecule has 4 nitrogen and oxygen atoms in total. The summed E-state index contributed by atoms with van der Waals surface area (Å²) < 4.78 is 13.8. The highest BCUT2D eigenvalue weighted by molar-refractivity contribution is 5.97. The number of para-hydroxylation sites is 1. The zero-order valence-corrected chi connectivity index (χ0v) is 12.0. The third kappa shape index (κ3) is 3.31. The van der Waals surface area contributed by atoms with E-state index in [2.05, 4.69) is 5.16 Å². The van der Waals surface area contributed by atoms with Crippen molar-refractivity contribution in [2.75, 3.05) is 11.9 Å². The Kier molecular flexibility index (Phi) is 4.42. The van der Waals surface area contributed by atoms with E-state index in [0.717, 1.165) is 11.1 Å². The largest absolute Gasteiger partial charge is 0.409 e. The van der Waals surface area contributed by atoms with Crippen molar-refractivity contribution < 1.29 is 9.60 Å². The zero-order chi connectivity index (χ0) is 15.4. The van der Waals surface area contributed by atoms with Crippen molar-refractivity contribution in [1.29, 1.82) is 0 Å². The average molecular weight is 287 g/mol. The third-order valence-electron chi connectivity index (χ3n) is 3.42. The summed E-state index contributed by atoms with van der Waals surface area (Å²) in [6, 6.07) is 12.2. The van der Waals surface area contributed by atoms with Gasteiger partial charge in [-0.2, -0.15) is 0 Å². The van der Waals surface area contributed by atoms with Crippen LogP contribution in [-0.2, 0) is 6.54 Å². The number of nitrogens with zero attached hydrogens (tertiary/aromatic N) is 2. The van der Waals surface area contributed by atoms with E-state index in [9.17, 15) is 4.39 Å². The van der Waals surface area contributed by atoms with Gasteiger partial charge in [0.05, 0.1) is 5.69 Å². The van der Waals surface area contributed by atoms with Crippen molar-refractivity contribution in [3.05, 3.63) is 65.0 Å². The molecule has 0 aliphatic rings. The first-order valence-corrected chi connectivity index (χ1v) is 6.56. The molecule has 0 aliphatic heterocycles. The fourth-order valence-electron chi connectivity index (χ4n) is 2.19. The van der Waals surface area contributed by atoms with E-state index in [1.165, 1.54) is 6.07 Å². The van der Waals surface area contributed by atoms with Gasteiger partial charge in [0.2, 0.25) is 0 Å². The molecule has 3 N–H and O–H groups in total. The van der Waals surface area contributed by atoms with Crippen molar-refractivity contribution >= 4 is 11.5 Å². The Labute approximate surface area is 123 Å². The molecule has 0 saturated heterocycles. The SMILES string of the molecule is Cc1cc(/C(N)=N/O)ccc1CN(C)c1ccccc1F. The molecule has 2 aromatic carbocycles. The summed E-state index contributed by atoms with van der Waals surface area (Å²) in [5.41, 5.74) is 8.83. The van der Waals surface area contributed by atoms with Gasteiger partial charge in [0.25, 0.3) is 0 Å². The second kappa shape index (κ2) is 6.26. The van der Waals surface area contributed by atoms with Gasteiger partial charge in [0.15, 0.2) is 5.84 Å². The van der Waals surface area contributed by atoms with Crippen LogP contribution in [0.25, 0.3) is 0 Å². The van der Waals surface area contributed by atoms with Crippen LogP contribution in [0.2, 0.25) is 0 Å². The fourth-order valence-corrected chi connectivity index (χ4v) is 2.19. The molecule has 0 unspecified atom stereocenters. The highest BCUT2D eigenvalue weighted by Crippen LogP contribution is 2.21. The standard InChI is InChI=1S/C16H18FN3O/c1-11-9-12(16(18)19-21)7-8-13(11)10-20(2)15-6-4-3-5-14(15)17/h3-9,21H,10H2,1-2H3,(H2,18,19). The molecule has 0 heterocycles. The van der Waals surface area contributed by atoms with E-state index in [1.54, 1.807) is 18.2 Å². The van der Waals surface area contributed by atoms with Crippen LogP contribution in [0.15, 0.2) is 47.6 Å². The van der Waals surface area contributed by atoms with Gasteiger partial charge in [-0.05, 0) is 36.2 Å². The molecule has 0 saturated carbocycles. The summed E-state index contributed by atoms with van der Waals surface area (Å²) in [4.78, 5) is 1.85. The number of anilines is 1. The number of halogens is 1. The Morgan fingerprint density at radius 3 is 2.62 bits per heavy atom.